The zero-order valence-corrected chi connectivity index (χ0v) is 14.7. The van der Waals surface area contributed by atoms with Crippen LogP contribution in [-0.2, 0) is 17.6 Å². The van der Waals surface area contributed by atoms with Crippen molar-refractivity contribution >= 4 is 34.2 Å². The van der Waals surface area contributed by atoms with E-state index in [-0.39, 0.29) is 11.7 Å². The van der Waals surface area contributed by atoms with Gasteiger partial charge in [-0.3, -0.25) is 10.1 Å². The Bertz CT molecular complexity index is 842. The lowest BCUT2D eigenvalue weighted by Gasteiger charge is -2.11. The first-order valence-corrected chi connectivity index (χ1v) is 9.02. The molecule has 25 heavy (non-hydrogen) atoms. The second-order valence-electron chi connectivity index (χ2n) is 5.69. The van der Waals surface area contributed by atoms with Crippen molar-refractivity contribution < 1.29 is 14.5 Å². The van der Waals surface area contributed by atoms with Crippen LogP contribution in [0.15, 0.2) is 29.3 Å². The summed E-state index contributed by atoms with van der Waals surface area (Å²) < 4.78 is 5.19. The van der Waals surface area contributed by atoms with E-state index >= 15 is 0 Å². The minimum absolute atomic E-state index is 0.00902. The Morgan fingerprint density at radius 3 is 2.88 bits per heavy atom. The molecular formula is C18H18N2O4S. The van der Waals surface area contributed by atoms with Crippen LogP contribution in [-0.4, -0.2) is 23.7 Å². The minimum Gasteiger partial charge on any atom is -0.462 e. The standard InChI is InChI=1S/C18H18N2O4S/c1-2-24-18(21)16-13-8-4-6-10-15(13)25-17(16)19-11-12-7-3-5-9-14(12)20(22)23/h3,5,7,9,11H,2,4,6,8,10H2,1H3. The van der Waals surface area contributed by atoms with Gasteiger partial charge in [-0.2, -0.15) is 0 Å². The van der Waals surface area contributed by atoms with E-state index in [0.29, 0.717) is 22.7 Å². The fraction of sp³-hybridized carbons (Fsp3) is 0.333. The molecule has 0 fully saturated rings. The molecule has 1 aromatic carbocycles. The number of carbonyl (C=O) groups excluding carboxylic acids is 1. The number of ether oxygens (including phenoxy) is 1. The lowest BCUT2D eigenvalue weighted by molar-refractivity contribution is -0.385. The van der Waals surface area contributed by atoms with Gasteiger partial charge in [0.2, 0.25) is 0 Å². The highest BCUT2D eigenvalue weighted by molar-refractivity contribution is 7.16. The molecule has 3 rings (SSSR count). The fourth-order valence-electron chi connectivity index (χ4n) is 2.95. The number of thiophene rings is 1. The van der Waals surface area contributed by atoms with E-state index in [1.807, 2.05) is 0 Å². The summed E-state index contributed by atoms with van der Waals surface area (Å²) in [5, 5.41) is 11.7. The molecule has 0 atom stereocenters. The van der Waals surface area contributed by atoms with Crippen molar-refractivity contribution in [1.29, 1.82) is 0 Å². The first-order chi connectivity index (χ1) is 12.1. The van der Waals surface area contributed by atoms with Gasteiger partial charge in [0.1, 0.15) is 5.00 Å². The molecule has 0 spiro atoms. The van der Waals surface area contributed by atoms with E-state index in [1.165, 1.54) is 28.5 Å². The lowest BCUT2D eigenvalue weighted by Crippen LogP contribution is -2.09. The molecule has 0 N–H and O–H groups in total. The average molecular weight is 358 g/mol. The Balaban J connectivity index is 2.01. The predicted molar refractivity (Wildman–Crippen MR) is 97.3 cm³/mol. The smallest absolute Gasteiger partial charge is 0.341 e. The molecule has 0 saturated carbocycles. The Morgan fingerprint density at radius 1 is 1.36 bits per heavy atom. The van der Waals surface area contributed by atoms with E-state index in [0.717, 1.165) is 31.2 Å². The van der Waals surface area contributed by atoms with Crippen LogP contribution in [0.1, 0.15) is 46.1 Å². The van der Waals surface area contributed by atoms with Gasteiger partial charge in [-0.05, 0) is 44.2 Å². The van der Waals surface area contributed by atoms with Crippen molar-refractivity contribution in [2.24, 2.45) is 4.99 Å². The molecule has 0 unspecified atom stereocenters. The van der Waals surface area contributed by atoms with Crippen molar-refractivity contribution in [3.8, 4) is 0 Å². The van der Waals surface area contributed by atoms with Gasteiger partial charge in [0.25, 0.3) is 5.69 Å². The van der Waals surface area contributed by atoms with Gasteiger partial charge >= 0.3 is 5.97 Å². The van der Waals surface area contributed by atoms with E-state index in [9.17, 15) is 14.9 Å². The van der Waals surface area contributed by atoms with Crippen LogP contribution in [0.25, 0.3) is 0 Å². The summed E-state index contributed by atoms with van der Waals surface area (Å²) in [5.41, 5.74) is 1.96. The van der Waals surface area contributed by atoms with Crippen LogP contribution in [0.2, 0.25) is 0 Å². The molecule has 6 nitrogen and oxygen atoms in total. The van der Waals surface area contributed by atoms with Gasteiger partial charge in [0.05, 0.1) is 22.7 Å². The number of rotatable bonds is 5. The van der Waals surface area contributed by atoms with Gasteiger partial charge in [0, 0.05) is 17.2 Å². The van der Waals surface area contributed by atoms with E-state index in [1.54, 1.807) is 25.1 Å². The highest BCUT2D eigenvalue weighted by Crippen LogP contribution is 2.40. The molecule has 1 aromatic heterocycles. The largest absolute Gasteiger partial charge is 0.462 e. The maximum atomic E-state index is 12.4. The number of esters is 1. The summed E-state index contributed by atoms with van der Waals surface area (Å²) in [4.78, 5) is 28.7. The predicted octanol–water partition coefficient (Wildman–Crippen LogP) is 4.46. The second kappa shape index (κ2) is 7.57. The van der Waals surface area contributed by atoms with E-state index in [2.05, 4.69) is 4.99 Å². The molecule has 0 radical (unpaired) electrons. The zero-order chi connectivity index (χ0) is 17.8. The SMILES string of the molecule is CCOC(=O)c1c(N=Cc2ccccc2[N+](=O)[O-])sc2c1CCCC2. The number of nitro benzene ring substituents is 1. The van der Waals surface area contributed by atoms with Gasteiger partial charge in [-0.15, -0.1) is 11.3 Å². The molecule has 1 heterocycles. The maximum absolute atomic E-state index is 12.4. The molecule has 130 valence electrons. The third kappa shape index (κ3) is 3.61. The minimum atomic E-state index is -0.437. The highest BCUT2D eigenvalue weighted by Gasteiger charge is 2.26. The Morgan fingerprint density at radius 2 is 2.12 bits per heavy atom. The number of aryl methyl sites for hydroxylation is 1. The quantitative estimate of drug-likeness (QED) is 0.342. The summed E-state index contributed by atoms with van der Waals surface area (Å²) in [6.07, 6.45) is 5.39. The summed E-state index contributed by atoms with van der Waals surface area (Å²) in [7, 11) is 0. The third-order valence-electron chi connectivity index (χ3n) is 4.09. The molecular weight excluding hydrogens is 340 g/mol. The second-order valence-corrected chi connectivity index (χ2v) is 6.77. The number of fused-ring (bicyclic) bond motifs is 1. The number of hydrogen-bond donors (Lipinski definition) is 0. The molecule has 2 aromatic rings. The van der Waals surface area contributed by atoms with Crippen LogP contribution in [0, 0.1) is 10.1 Å². The van der Waals surface area contributed by atoms with E-state index in [4.69, 9.17) is 4.74 Å². The number of nitro groups is 1. The van der Waals surface area contributed by atoms with Crippen molar-refractivity contribution in [2.45, 2.75) is 32.6 Å². The highest BCUT2D eigenvalue weighted by atomic mass is 32.1. The topological polar surface area (TPSA) is 81.8 Å². The Kier molecular flexibility index (Phi) is 5.23. The molecule has 0 amide bonds. The van der Waals surface area contributed by atoms with Crippen LogP contribution in [0.4, 0.5) is 10.7 Å². The number of carbonyl (C=O) groups is 1. The van der Waals surface area contributed by atoms with Crippen molar-refractivity contribution in [2.75, 3.05) is 6.61 Å². The van der Waals surface area contributed by atoms with Crippen molar-refractivity contribution in [3.05, 3.63) is 55.9 Å². The number of nitrogens with zero attached hydrogens (tertiary/aromatic N) is 2. The summed E-state index contributed by atoms with van der Waals surface area (Å²) in [6.45, 7) is 2.07. The van der Waals surface area contributed by atoms with Gasteiger partial charge in [0.15, 0.2) is 0 Å². The first kappa shape index (κ1) is 17.3. The first-order valence-electron chi connectivity index (χ1n) is 8.21. The fourth-order valence-corrected chi connectivity index (χ4v) is 4.17. The van der Waals surface area contributed by atoms with Gasteiger partial charge in [-0.1, -0.05) is 12.1 Å². The number of aliphatic imine (C=N–C) groups is 1. The number of benzene rings is 1. The summed E-state index contributed by atoms with van der Waals surface area (Å²) in [5.74, 6) is -0.364. The maximum Gasteiger partial charge on any atom is 0.341 e. The Hall–Kier alpha value is -2.54. The molecule has 0 aliphatic heterocycles. The molecule has 0 saturated heterocycles. The molecule has 1 aliphatic rings. The van der Waals surface area contributed by atoms with Crippen molar-refractivity contribution in [1.82, 2.24) is 0 Å². The zero-order valence-electron chi connectivity index (χ0n) is 13.9. The molecule has 1 aliphatic carbocycles. The Labute approximate surface area is 149 Å². The van der Waals surface area contributed by atoms with Crippen LogP contribution in [0.3, 0.4) is 0 Å². The van der Waals surface area contributed by atoms with Crippen LogP contribution in [0.5, 0.6) is 0 Å². The number of hydrogen-bond acceptors (Lipinski definition) is 6. The third-order valence-corrected chi connectivity index (χ3v) is 5.29. The van der Waals surface area contributed by atoms with Gasteiger partial charge in [-0.25, -0.2) is 9.79 Å². The summed E-state index contributed by atoms with van der Waals surface area (Å²) >= 11 is 1.48. The molecule has 7 heteroatoms. The monoisotopic (exact) mass is 358 g/mol. The van der Waals surface area contributed by atoms with Crippen molar-refractivity contribution in [3.63, 3.8) is 0 Å². The van der Waals surface area contributed by atoms with Crippen LogP contribution < -0.4 is 0 Å². The lowest BCUT2D eigenvalue weighted by atomic mass is 9.95. The normalized spacial score (nSPS) is 13.6. The average Bonchev–Trinajstić information content (AvgIpc) is 2.98. The summed E-state index contributed by atoms with van der Waals surface area (Å²) in [6, 6.07) is 6.41. The van der Waals surface area contributed by atoms with E-state index < -0.39 is 4.92 Å². The van der Waals surface area contributed by atoms with Crippen LogP contribution >= 0.6 is 11.3 Å². The molecule has 0 bridgehead atoms. The number of para-hydroxylation sites is 1. The van der Waals surface area contributed by atoms with Gasteiger partial charge < -0.3 is 4.74 Å².